The maximum absolute atomic E-state index is 13.6. The lowest BCUT2D eigenvalue weighted by Crippen LogP contribution is -2.33. The lowest BCUT2D eigenvalue weighted by Gasteiger charge is -2.35. The van der Waals surface area contributed by atoms with Crippen LogP contribution >= 0.6 is 12.4 Å². The van der Waals surface area contributed by atoms with Crippen LogP contribution in [0.4, 0.5) is 51.1 Å². The molecular formula is C30H36ClF9N6O2. The largest absolute Gasteiger partial charge is 0.573 e. The van der Waals surface area contributed by atoms with Crippen molar-refractivity contribution in [3.63, 3.8) is 0 Å². The van der Waals surface area contributed by atoms with Gasteiger partial charge in [-0.1, -0.05) is 17.9 Å². The molecule has 0 atom stereocenters. The first kappa shape index (κ1) is 39.0. The van der Waals surface area contributed by atoms with Gasteiger partial charge >= 0.3 is 18.7 Å². The van der Waals surface area contributed by atoms with E-state index in [-0.39, 0.29) is 54.6 Å². The Bertz CT molecular complexity index is 1440. The molecule has 4 rings (SSSR count). The van der Waals surface area contributed by atoms with Crippen molar-refractivity contribution in [2.75, 3.05) is 29.5 Å². The number of hydrogen-bond donors (Lipinski definition) is 1. The number of anilines is 2. The smallest absolute Gasteiger partial charge is 0.406 e. The van der Waals surface area contributed by atoms with Crippen LogP contribution in [0.2, 0.25) is 0 Å². The molecular weight excluding hydrogens is 683 g/mol. The van der Waals surface area contributed by atoms with E-state index >= 15 is 0 Å². The summed E-state index contributed by atoms with van der Waals surface area (Å²) < 4.78 is 125. The number of aromatic nitrogens is 4. The highest BCUT2D eigenvalue weighted by Crippen LogP contribution is 2.38. The quantitative estimate of drug-likeness (QED) is 0.192. The second-order valence-corrected chi connectivity index (χ2v) is 11.6. The third kappa shape index (κ3) is 10.8. The Labute approximate surface area is 277 Å². The molecule has 1 aliphatic carbocycles. The molecule has 1 heterocycles. The maximum atomic E-state index is 13.6. The van der Waals surface area contributed by atoms with Crippen LogP contribution in [0, 0.1) is 11.8 Å². The number of aliphatic hydroxyl groups is 1. The fourth-order valence-electron chi connectivity index (χ4n) is 5.92. The molecule has 0 spiro atoms. The highest BCUT2D eigenvalue weighted by Gasteiger charge is 2.37. The van der Waals surface area contributed by atoms with Crippen molar-refractivity contribution in [1.82, 2.24) is 20.2 Å². The van der Waals surface area contributed by atoms with Gasteiger partial charge < -0.3 is 19.6 Å². The summed E-state index contributed by atoms with van der Waals surface area (Å²) in [5.41, 5.74) is -2.65. The number of rotatable bonds is 12. The summed E-state index contributed by atoms with van der Waals surface area (Å²) >= 11 is 0. The van der Waals surface area contributed by atoms with Crippen LogP contribution in [0.25, 0.3) is 0 Å². The predicted octanol–water partition coefficient (Wildman–Crippen LogP) is 7.79. The van der Waals surface area contributed by atoms with Gasteiger partial charge in [0.15, 0.2) is 0 Å². The first-order valence-electron chi connectivity index (χ1n) is 15.0. The van der Waals surface area contributed by atoms with Crippen LogP contribution in [0.15, 0.2) is 36.4 Å². The van der Waals surface area contributed by atoms with Crippen LogP contribution < -0.4 is 14.5 Å². The van der Waals surface area contributed by atoms with E-state index in [1.807, 2.05) is 11.8 Å². The molecule has 0 saturated heterocycles. The normalized spacial score (nSPS) is 17.2. The molecule has 0 aliphatic heterocycles. The highest BCUT2D eigenvalue weighted by molar-refractivity contribution is 5.85. The first-order chi connectivity index (χ1) is 21.9. The summed E-state index contributed by atoms with van der Waals surface area (Å²) in [4.78, 5) is 4.25. The van der Waals surface area contributed by atoms with Gasteiger partial charge in [0.05, 0.1) is 18.2 Å². The summed E-state index contributed by atoms with van der Waals surface area (Å²) in [6.45, 7) is 2.11. The fraction of sp³-hybridized carbons (Fsp3) is 0.567. The summed E-state index contributed by atoms with van der Waals surface area (Å²) in [5.74, 6) is -0.0472. The van der Waals surface area contributed by atoms with Crippen molar-refractivity contribution < 1.29 is 49.4 Å². The predicted molar refractivity (Wildman–Crippen MR) is 161 cm³/mol. The molecule has 8 nitrogen and oxygen atoms in total. The number of aryl methyl sites for hydroxylation is 1. The van der Waals surface area contributed by atoms with Crippen LogP contribution in [-0.2, 0) is 32.5 Å². The molecule has 0 amide bonds. The molecule has 268 valence electrons. The Kier molecular flexibility index (Phi) is 12.9. The van der Waals surface area contributed by atoms with E-state index in [4.69, 9.17) is 0 Å². The van der Waals surface area contributed by atoms with Crippen molar-refractivity contribution in [2.45, 2.75) is 70.8 Å². The first-order valence-corrected chi connectivity index (χ1v) is 15.0. The molecule has 0 unspecified atom stereocenters. The third-order valence-corrected chi connectivity index (χ3v) is 8.15. The fourth-order valence-corrected chi connectivity index (χ4v) is 5.92. The SMILES string of the molecule is CCN(CC1CCC(CCO)CC1)c1ccc(OC(F)(F)F)cc1CN(Cc1cc(C(F)(F)F)cc(C(F)(F)F)c1)c1nnn(C)n1.Cl. The van der Waals surface area contributed by atoms with Crippen LogP contribution in [-0.4, -0.2) is 51.4 Å². The second-order valence-electron chi connectivity index (χ2n) is 11.6. The zero-order valence-corrected chi connectivity index (χ0v) is 26.9. The van der Waals surface area contributed by atoms with Gasteiger partial charge in [0, 0.05) is 38.5 Å². The molecule has 1 fully saturated rings. The number of halogens is 10. The summed E-state index contributed by atoms with van der Waals surface area (Å²) in [6.07, 6.45) is -10.8. The number of ether oxygens (including phenoxy) is 1. The molecule has 0 bridgehead atoms. The Hall–Kier alpha value is -3.47. The van der Waals surface area contributed by atoms with Gasteiger partial charge in [-0.2, -0.15) is 31.1 Å². The van der Waals surface area contributed by atoms with E-state index in [1.165, 1.54) is 18.0 Å². The minimum Gasteiger partial charge on any atom is -0.406 e. The van der Waals surface area contributed by atoms with Crippen LogP contribution in [0.5, 0.6) is 5.75 Å². The van der Waals surface area contributed by atoms with E-state index in [0.29, 0.717) is 36.8 Å². The third-order valence-electron chi connectivity index (χ3n) is 8.15. The Morgan fingerprint density at radius 3 is 1.96 bits per heavy atom. The van der Waals surface area contributed by atoms with Gasteiger partial charge in [-0.15, -0.1) is 30.7 Å². The molecule has 3 aromatic rings. The zero-order chi connectivity index (χ0) is 34.6. The molecule has 1 N–H and O–H groups in total. The molecule has 0 radical (unpaired) electrons. The van der Waals surface area contributed by atoms with Gasteiger partial charge in [0.2, 0.25) is 0 Å². The average Bonchev–Trinajstić information content (AvgIpc) is 3.41. The molecule has 18 heteroatoms. The second kappa shape index (κ2) is 15.8. The van der Waals surface area contributed by atoms with Gasteiger partial charge in [-0.25, -0.2) is 0 Å². The lowest BCUT2D eigenvalue weighted by molar-refractivity contribution is -0.274. The number of alkyl halides is 9. The van der Waals surface area contributed by atoms with Crippen molar-refractivity contribution in [3.05, 3.63) is 58.7 Å². The standard InChI is InChI=1S/C30H35F9N6O2.ClH/c1-3-44(16-20-6-4-19(5-7-20)10-11-46)26-9-8-25(47-30(37,38)39)14-22(26)18-45(27-40-42-43(2)41-27)17-21-12-23(28(31,32)33)15-24(13-21)29(34,35)36;/h8-9,12-15,19-20,46H,3-7,10-11,16-18H2,1-2H3;1H. The minimum atomic E-state index is -5.08. The van der Waals surface area contributed by atoms with E-state index in [2.05, 4.69) is 20.1 Å². The van der Waals surface area contributed by atoms with Crippen molar-refractivity contribution in [2.24, 2.45) is 18.9 Å². The van der Waals surface area contributed by atoms with Crippen molar-refractivity contribution in [3.8, 4) is 5.75 Å². The van der Waals surface area contributed by atoms with Gasteiger partial charge in [-0.05, 0) is 90.8 Å². The summed E-state index contributed by atoms with van der Waals surface area (Å²) in [6, 6.07) is 4.91. The van der Waals surface area contributed by atoms with E-state index in [9.17, 15) is 44.6 Å². The summed E-state index contributed by atoms with van der Waals surface area (Å²) in [5, 5.41) is 21.0. The molecule has 48 heavy (non-hydrogen) atoms. The maximum Gasteiger partial charge on any atom is 0.573 e. The molecule has 1 aliphatic rings. The number of aliphatic hydroxyl groups excluding tert-OH is 1. The van der Waals surface area contributed by atoms with E-state index < -0.39 is 42.1 Å². The van der Waals surface area contributed by atoms with Gasteiger partial charge in [-0.3, -0.25) is 0 Å². The number of nitrogens with zero attached hydrogens (tertiary/aromatic N) is 6. The molecule has 1 aromatic heterocycles. The van der Waals surface area contributed by atoms with Gasteiger partial charge in [0.25, 0.3) is 5.95 Å². The monoisotopic (exact) mass is 718 g/mol. The Morgan fingerprint density at radius 2 is 1.46 bits per heavy atom. The minimum absolute atomic E-state index is 0. The average molecular weight is 719 g/mol. The van der Waals surface area contributed by atoms with Crippen LogP contribution in [0.3, 0.4) is 0 Å². The molecule has 2 aromatic carbocycles. The van der Waals surface area contributed by atoms with Crippen molar-refractivity contribution in [1.29, 1.82) is 0 Å². The molecule has 1 saturated carbocycles. The topological polar surface area (TPSA) is 79.5 Å². The summed E-state index contributed by atoms with van der Waals surface area (Å²) in [7, 11) is 1.40. The van der Waals surface area contributed by atoms with E-state index in [0.717, 1.165) is 49.0 Å². The number of hydrogen-bond acceptors (Lipinski definition) is 7. The number of benzene rings is 2. The Morgan fingerprint density at radius 1 is 0.854 bits per heavy atom. The Balaban J connectivity index is 0.00000625. The van der Waals surface area contributed by atoms with Crippen LogP contribution in [0.1, 0.15) is 61.3 Å². The van der Waals surface area contributed by atoms with E-state index in [1.54, 1.807) is 0 Å². The number of tetrazole rings is 1. The highest BCUT2D eigenvalue weighted by atomic mass is 35.5. The lowest BCUT2D eigenvalue weighted by atomic mass is 9.80. The van der Waals surface area contributed by atoms with Gasteiger partial charge in [0.1, 0.15) is 5.75 Å². The zero-order valence-electron chi connectivity index (χ0n) is 26.0. The van der Waals surface area contributed by atoms with Crippen molar-refractivity contribution >= 4 is 24.0 Å².